The SMILES string of the molecule is C=C1C=CC(C)N1c1cc(-n2cnc(Nc3ccccc3)n2)ccn1. The minimum atomic E-state index is 0.237. The van der Waals surface area contributed by atoms with Gasteiger partial charge in [0.25, 0.3) is 0 Å². The van der Waals surface area contributed by atoms with Crippen molar-refractivity contribution in [2.24, 2.45) is 0 Å². The number of hydrogen-bond acceptors (Lipinski definition) is 5. The van der Waals surface area contributed by atoms with Crippen LogP contribution in [-0.4, -0.2) is 25.8 Å². The smallest absolute Gasteiger partial charge is 0.246 e. The maximum Gasteiger partial charge on any atom is 0.246 e. The molecule has 1 aliphatic heterocycles. The largest absolute Gasteiger partial charge is 0.323 e. The summed E-state index contributed by atoms with van der Waals surface area (Å²) in [5, 5.41) is 7.68. The molecule has 3 aromatic rings. The first-order chi connectivity index (χ1) is 12.2. The molecule has 3 heterocycles. The van der Waals surface area contributed by atoms with Crippen molar-refractivity contribution in [3.8, 4) is 5.69 Å². The van der Waals surface area contributed by atoms with Crippen LogP contribution >= 0.6 is 0 Å². The Balaban J connectivity index is 1.59. The molecular formula is C19H18N6. The maximum absolute atomic E-state index is 4.49. The number of aromatic nitrogens is 4. The first kappa shape index (κ1) is 15.1. The molecular weight excluding hydrogens is 312 g/mol. The van der Waals surface area contributed by atoms with Crippen molar-refractivity contribution in [3.63, 3.8) is 0 Å². The highest BCUT2D eigenvalue weighted by Crippen LogP contribution is 2.26. The molecule has 1 unspecified atom stereocenters. The Morgan fingerprint density at radius 3 is 2.72 bits per heavy atom. The van der Waals surface area contributed by atoms with E-state index in [0.717, 1.165) is 22.9 Å². The van der Waals surface area contributed by atoms with Crippen molar-refractivity contribution < 1.29 is 0 Å². The summed E-state index contributed by atoms with van der Waals surface area (Å²) in [6.45, 7) is 6.18. The summed E-state index contributed by atoms with van der Waals surface area (Å²) < 4.78 is 1.73. The molecule has 0 spiro atoms. The van der Waals surface area contributed by atoms with Gasteiger partial charge in [0.2, 0.25) is 5.95 Å². The van der Waals surface area contributed by atoms with Gasteiger partial charge in [-0.2, -0.15) is 4.98 Å². The van der Waals surface area contributed by atoms with Crippen LogP contribution in [0.1, 0.15) is 6.92 Å². The zero-order valence-electron chi connectivity index (χ0n) is 13.9. The fourth-order valence-electron chi connectivity index (χ4n) is 2.81. The molecule has 1 atom stereocenters. The number of nitrogens with zero attached hydrogens (tertiary/aromatic N) is 5. The van der Waals surface area contributed by atoms with Crippen LogP contribution in [0.2, 0.25) is 0 Å². The lowest BCUT2D eigenvalue weighted by molar-refractivity contribution is 0.840. The highest BCUT2D eigenvalue weighted by Gasteiger charge is 2.20. The van der Waals surface area contributed by atoms with Crippen LogP contribution in [0, 0.1) is 0 Å². The third-order valence-corrected chi connectivity index (χ3v) is 4.05. The van der Waals surface area contributed by atoms with Crippen LogP contribution in [0.4, 0.5) is 17.5 Å². The van der Waals surface area contributed by atoms with E-state index in [9.17, 15) is 0 Å². The Morgan fingerprint density at radius 2 is 1.96 bits per heavy atom. The second kappa shape index (κ2) is 6.24. The van der Waals surface area contributed by atoms with E-state index in [1.165, 1.54) is 0 Å². The monoisotopic (exact) mass is 330 g/mol. The predicted molar refractivity (Wildman–Crippen MR) is 99.1 cm³/mol. The van der Waals surface area contributed by atoms with Crippen molar-refractivity contribution in [1.29, 1.82) is 0 Å². The molecule has 6 nitrogen and oxygen atoms in total. The molecule has 0 aliphatic carbocycles. The molecule has 1 aromatic carbocycles. The van der Waals surface area contributed by atoms with Crippen molar-refractivity contribution >= 4 is 17.5 Å². The van der Waals surface area contributed by atoms with Gasteiger partial charge < -0.3 is 10.2 Å². The minimum absolute atomic E-state index is 0.237. The highest BCUT2D eigenvalue weighted by atomic mass is 15.4. The minimum Gasteiger partial charge on any atom is -0.323 e. The molecule has 2 aromatic heterocycles. The second-order valence-electron chi connectivity index (χ2n) is 5.84. The van der Waals surface area contributed by atoms with E-state index >= 15 is 0 Å². The van der Waals surface area contributed by atoms with E-state index in [1.54, 1.807) is 17.2 Å². The molecule has 0 amide bonds. The number of allylic oxidation sites excluding steroid dienone is 1. The van der Waals surface area contributed by atoms with Gasteiger partial charge in [-0.05, 0) is 31.2 Å². The van der Waals surface area contributed by atoms with E-state index in [-0.39, 0.29) is 6.04 Å². The van der Waals surface area contributed by atoms with Gasteiger partial charge in [-0.25, -0.2) is 9.67 Å². The molecule has 0 saturated heterocycles. The molecule has 124 valence electrons. The van der Waals surface area contributed by atoms with Crippen LogP contribution < -0.4 is 10.2 Å². The predicted octanol–water partition coefficient (Wildman–Crippen LogP) is 3.68. The Labute approximate surface area is 146 Å². The molecule has 4 rings (SSSR count). The molecule has 1 aliphatic rings. The lowest BCUT2D eigenvalue weighted by Gasteiger charge is -2.24. The van der Waals surface area contributed by atoms with E-state index in [4.69, 9.17) is 0 Å². The Bertz CT molecular complexity index is 928. The van der Waals surface area contributed by atoms with E-state index < -0.39 is 0 Å². The van der Waals surface area contributed by atoms with Gasteiger partial charge in [-0.1, -0.05) is 30.9 Å². The lowest BCUT2D eigenvalue weighted by atomic mass is 10.3. The zero-order chi connectivity index (χ0) is 17.2. The quantitative estimate of drug-likeness (QED) is 0.791. The second-order valence-corrected chi connectivity index (χ2v) is 5.84. The summed E-state index contributed by atoms with van der Waals surface area (Å²) in [5.41, 5.74) is 2.77. The fraction of sp³-hybridized carbons (Fsp3) is 0.105. The Kier molecular flexibility index (Phi) is 3.78. The molecule has 1 N–H and O–H groups in total. The summed E-state index contributed by atoms with van der Waals surface area (Å²) in [7, 11) is 0. The molecule has 6 heteroatoms. The standard InChI is InChI=1S/C19H18N6/c1-14-8-9-15(2)25(14)18-12-17(10-11-20-18)24-13-21-19(23-24)22-16-6-4-3-5-7-16/h3-13,15H,1H2,2H3,(H,22,23). The Hall–Kier alpha value is -3.41. The van der Waals surface area contributed by atoms with Crippen LogP contribution in [0.25, 0.3) is 5.69 Å². The number of anilines is 3. The van der Waals surface area contributed by atoms with Gasteiger partial charge in [-0.15, -0.1) is 5.10 Å². The summed E-state index contributed by atoms with van der Waals surface area (Å²) in [4.78, 5) is 10.9. The fourth-order valence-corrected chi connectivity index (χ4v) is 2.81. The number of nitrogens with one attached hydrogen (secondary N) is 1. The van der Waals surface area contributed by atoms with Gasteiger partial charge in [-0.3, -0.25) is 0 Å². The van der Waals surface area contributed by atoms with E-state index in [0.29, 0.717) is 5.95 Å². The average Bonchev–Trinajstić information content (AvgIpc) is 3.23. The zero-order valence-corrected chi connectivity index (χ0v) is 13.9. The van der Waals surface area contributed by atoms with Gasteiger partial charge in [0.05, 0.1) is 11.7 Å². The van der Waals surface area contributed by atoms with Crippen LogP contribution in [0.3, 0.4) is 0 Å². The van der Waals surface area contributed by atoms with Crippen molar-refractivity contribution in [2.75, 3.05) is 10.2 Å². The van der Waals surface area contributed by atoms with E-state index in [1.807, 2.05) is 48.5 Å². The van der Waals surface area contributed by atoms with Gasteiger partial charge >= 0.3 is 0 Å². The third kappa shape index (κ3) is 3.01. The number of rotatable bonds is 4. The van der Waals surface area contributed by atoms with Crippen LogP contribution in [0.15, 0.2) is 79.4 Å². The average molecular weight is 330 g/mol. The first-order valence-electron chi connectivity index (χ1n) is 8.07. The van der Waals surface area contributed by atoms with Crippen molar-refractivity contribution in [2.45, 2.75) is 13.0 Å². The topological polar surface area (TPSA) is 58.9 Å². The first-order valence-corrected chi connectivity index (χ1v) is 8.07. The molecule has 25 heavy (non-hydrogen) atoms. The summed E-state index contributed by atoms with van der Waals surface area (Å²) >= 11 is 0. The number of para-hydroxylation sites is 1. The summed E-state index contributed by atoms with van der Waals surface area (Å²) in [5.74, 6) is 1.39. The summed E-state index contributed by atoms with van der Waals surface area (Å²) in [6.07, 6.45) is 7.57. The van der Waals surface area contributed by atoms with Crippen LogP contribution in [-0.2, 0) is 0 Å². The van der Waals surface area contributed by atoms with Gasteiger partial charge in [0.1, 0.15) is 12.1 Å². The van der Waals surface area contributed by atoms with Crippen molar-refractivity contribution in [3.05, 3.63) is 79.4 Å². The Morgan fingerprint density at radius 1 is 1.12 bits per heavy atom. The van der Waals surface area contributed by atoms with Crippen molar-refractivity contribution in [1.82, 2.24) is 19.7 Å². The molecule has 0 radical (unpaired) electrons. The number of hydrogen-bond donors (Lipinski definition) is 1. The number of pyridine rings is 1. The normalized spacial score (nSPS) is 16.4. The third-order valence-electron chi connectivity index (χ3n) is 4.05. The molecule has 0 fully saturated rings. The van der Waals surface area contributed by atoms with E-state index in [2.05, 4.69) is 44.9 Å². The van der Waals surface area contributed by atoms with Gasteiger partial charge in [0.15, 0.2) is 0 Å². The highest BCUT2D eigenvalue weighted by molar-refractivity contribution is 5.58. The van der Waals surface area contributed by atoms with Gasteiger partial charge in [0, 0.05) is 23.6 Å². The van der Waals surface area contributed by atoms with Crippen LogP contribution in [0.5, 0.6) is 0 Å². The maximum atomic E-state index is 4.49. The molecule has 0 saturated carbocycles. The lowest BCUT2D eigenvalue weighted by Crippen LogP contribution is -2.26. The summed E-state index contributed by atoms with van der Waals surface area (Å²) in [6, 6.07) is 14.0. The number of benzene rings is 1. The molecule has 0 bridgehead atoms.